The lowest BCUT2D eigenvalue weighted by atomic mass is 9.94. The standard InChI is InChI=1S/C23H31NO7.C21H27ClN2O2.C17H12O6/c1-15(5-7-19(25)30-13-10-24-8-11-29-12-9-24)4-6-17-21(26)20-18(14-31-23(20)27)16(2)22(17)28-3;22-20-8-6-19(7-9-20)21(18-4-2-1-3-5-18)24-12-10-23(11-13-24)14-16-26-17-15-25;1-20-10-6-11-14(8-4-5-21-17(8)22-11)15-13(10)7-2-3-9(18)12(7)16(19)23-15/h4,26H,5-14H2,1-3H3;1-9,21,25H,10-17H2;4-6,8,17H,2-3H2,1H3/b15-4+;;. The smallest absolute Gasteiger partial charge is 0.347 e. The van der Waals surface area contributed by atoms with Gasteiger partial charge in [0.2, 0.25) is 0 Å². The number of halogens is 1. The maximum Gasteiger partial charge on any atom is 0.347 e. The SMILES string of the molecule is COc1c(C)c2c(c(O)c1C/C=C(\C)CCC(=O)OCCN1CCOCC1)C(=O)OC2.COc1cc2c(c3oc(=O)c4c(c13)CCC4=O)C1C=COC1O2.OCCOCCN1CCN(C(c2ccccc2)c2ccc(Cl)cc2)CC1. The summed E-state index contributed by atoms with van der Waals surface area (Å²) in [7, 11) is 3.08. The van der Waals surface area contributed by atoms with Gasteiger partial charge in [-0.15, -0.1) is 0 Å². The summed E-state index contributed by atoms with van der Waals surface area (Å²) >= 11 is 6.09. The minimum Gasteiger partial charge on any atom is -0.507 e. The summed E-state index contributed by atoms with van der Waals surface area (Å²) in [5.74, 6) is 0.553. The first kappa shape index (κ1) is 57.9. The summed E-state index contributed by atoms with van der Waals surface area (Å²) < 4.78 is 48.8. The molecule has 0 radical (unpaired) electrons. The predicted molar refractivity (Wildman–Crippen MR) is 298 cm³/mol. The number of esters is 2. The van der Waals surface area contributed by atoms with E-state index in [-0.39, 0.29) is 53.8 Å². The Balaban J connectivity index is 0.000000147. The van der Waals surface area contributed by atoms with Crippen LogP contribution in [-0.4, -0.2) is 155 Å². The van der Waals surface area contributed by atoms with Crippen LogP contribution in [0.1, 0.15) is 97.8 Å². The van der Waals surface area contributed by atoms with E-state index in [2.05, 4.69) is 57.2 Å². The third-order valence-corrected chi connectivity index (χ3v) is 15.6. The number of aryl methyl sites for hydroxylation is 1. The van der Waals surface area contributed by atoms with E-state index in [9.17, 15) is 24.3 Å². The molecule has 6 heterocycles. The Labute approximate surface area is 470 Å². The van der Waals surface area contributed by atoms with Gasteiger partial charge in [-0.1, -0.05) is 65.7 Å². The second-order valence-corrected chi connectivity index (χ2v) is 20.7. The van der Waals surface area contributed by atoms with Crippen molar-refractivity contribution in [3.63, 3.8) is 0 Å². The number of Topliss-reactive ketones (excluding diaryl/α,β-unsaturated/α-hetero) is 1. The first-order valence-corrected chi connectivity index (χ1v) is 27.6. The van der Waals surface area contributed by atoms with Gasteiger partial charge in [-0.2, -0.15) is 0 Å². The fourth-order valence-corrected chi connectivity index (χ4v) is 11.2. The second-order valence-electron chi connectivity index (χ2n) is 20.3. The first-order valence-electron chi connectivity index (χ1n) is 27.3. The Morgan fingerprint density at radius 3 is 2.31 bits per heavy atom. The zero-order valence-electron chi connectivity index (χ0n) is 45.8. The van der Waals surface area contributed by atoms with Crippen molar-refractivity contribution in [2.45, 2.75) is 70.8 Å². The van der Waals surface area contributed by atoms with E-state index in [1.54, 1.807) is 26.5 Å². The van der Waals surface area contributed by atoms with E-state index < -0.39 is 17.9 Å². The zero-order chi connectivity index (χ0) is 56.3. The number of hydrogen-bond donors (Lipinski definition) is 2. The molecule has 1 aromatic heterocycles. The van der Waals surface area contributed by atoms with Crippen LogP contribution < -0.4 is 19.8 Å². The maximum absolute atomic E-state index is 12.3. The van der Waals surface area contributed by atoms with E-state index in [4.69, 9.17) is 59.0 Å². The summed E-state index contributed by atoms with van der Waals surface area (Å²) in [6.45, 7) is 14.4. The minimum atomic E-state index is -0.586. The fourth-order valence-electron chi connectivity index (χ4n) is 11.1. The number of aromatic hydroxyl groups is 1. The van der Waals surface area contributed by atoms with Gasteiger partial charge < -0.3 is 52.5 Å². The van der Waals surface area contributed by atoms with Gasteiger partial charge in [-0.3, -0.25) is 24.3 Å². The average Bonchev–Trinajstić information content (AvgIpc) is 4.47. The van der Waals surface area contributed by atoms with Gasteiger partial charge in [0, 0.05) is 87.4 Å². The lowest BCUT2D eigenvalue weighted by Gasteiger charge is -2.39. The Kier molecular flexibility index (Phi) is 19.6. The molecule has 5 aromatic rings. The molecule has 3 unspecified atom stereocenters. The molecule has 0 spiro atoms. The number of fused-ring (bicyclic) bond motifs is 8. The van der Waals surface area contributed by atoms with Crippen LogP contribution in [0, 0.1) is 6.92 Å². The molecule has 0 amide bonds. The van der Waals surface area contributed by atoms with Crippen LogP contribution in [0.25, 0.3) is 11.0 Å². The second kappa shape index (κ2) is 27.1. The molecule has 0 saturated carbocycles. The van der Waals surface area contributed by atoms with Crippen LogP contribution in [0.15, 0.2) is 93.9 Å². The molecule has 11 rings (SSSR count). The van der Waals surface area contributed by atoms with E-state index >= 15 is 0 Å². The molecule has 0 bridgehead atoms. The van der Waals surface area contributed by atoms with E-state index in [0.29, 0.717) is 96.8 Å². The number of rotatable bonds is 18. The molecule has 6 aliphatic rings. The molecule has 3 atom stereocenters. The summed E-state index contributed by atoms with van der Waals surface area (Å²) in [5.41, 5.74) is 7.32. The van der Waals surface area contributed by atoms with Gasteiger partial charge in [0.15, 0.2) is 5.78 Å². The Bertz CT molecular complexity index is 3130. The fraction of sp³-hybridized carbons (Fsp3) is 0.443. The van der Waals surface area contributed by atoms with Crippen molar-refractivity contribution in [1.29, 1.82) is 0 Å². The molecular formula is C61H70ClN3O15. The lowest BCUT2D eigenvalue weighted by Crippen LogP contribution is -2.48. The number of aliphatic hydroxyl groups excluding tert-OH is 1. The predicted octanol–water partition coefficient (Wildman–Crippen LogP) is 7.86. The Hall–Kier alpha value is -6.77. The summed E-state index contributed by atoms with van der Waals surface area (Å²) in [5, 5.41) is 20.9. The van der Waals surface area contributed by atoms with Gasteiger partial charge in [-0.25, -0.2) is 9.59 Å². The third-order valence-electron chi connectivity index (χ3n) is 15.4. The molecule has 426 valence electrons. The zero-order valence-corrected chi connectivity index (χ0v) is 46.6. The van der Waals surface area contributed by atoms with Crippen molar-refractivity contribution >= 4 is 40.3 Å². The number of hydrogen-bond acceptors (Lipinski definition) is 18. The minimum absolute atomic E-state index is 0.0909. The largest absolute Gasteiger partial charge is 0.507 e. The quantitative estimate of drug-likeness (QED) is 0.0371. The van der Waals surface area contributed by atoms with Crippen LogP contribution in [0.4, 0.5) is 0 Å². The number of ether oxygens (including phenoxy) is 8. The van der Waals surface area contributed by atoms with E-state index in [1.807, 2.05) is 38.1 Å². The van der Waals surface area contributed by atoms with Crippen LogP contribution in [0.5, 0.6) is 23.0 Å². The highest BCUT2D eigenvalue weighted by Gasteiger charge is 2.42. The number of carbonyl (C=O) groups is 3. The number of nitrogens with zero attached hydrogens (tertiary/aromatic N) is 3. The van der Waals surface area contributed by atoms with Crippen LogP contribution in [-0.2, 0) is 47.9 Å². The van der Waals surface area contributed by atoms with Gasteiger partial charge in [0.1, 0.15) is 52.9 Å². The van der Waals surface area contributed by atoms with Crippen LogP contribution >= 0.6 is 11.6 Å². The summed E-state index contributed by atoms with van der Waals surface area (Å²) in [6, 6.07) is 20.9. The molecule has 4 aromatic carbocycles. The number of piperazine rings is 1. The molecular weight excluding hydrogens is 1050 g/mol. The Morgan fingerprint density at radius 2 is 1.59 bits per heavy atom. The Morgan fingerprint density at radius 1 is 0.863 bits per heavy atom. The number of phenols is 1. The van der Waals surface area contributed by atoms with E-state index in [0.717, 1.165) is 87.3 Å². The van der Waals surface area contributed by atoms with Crippen LogP contribution in [0.3, 0.4) is 0 Å². The number of benzene rings is 4. The number of allylic oxidation sites excluding steroid dienone is 2. The van der Waals surface area contributed by atoms with Crippen molar-refractivity contribution in [2.75, 3.05) is 106 Å². The monoisotopic (exact) mass is 1120 g/mol. The number of cyclic esters (lactones) is 1. The highest BCUT2D eigenvalue weighted by Crippen LogP contribution is 2.50. The van der Waals surface area contributed by atoms with Gasteiger partial charge in [-0.05, 0) is 73.6 Å². The first-order chi connectivity index (χ1) is 38.9. The van der Waals surface area contributed by atoms with Crippen molar-refractivity contribution in [3.8, 4) is 23.0 Å². The molecule has 2 fully saturated rings. The van der Waals surface area contributed by atoms with Crippen molar-refractivity contribution in [3.05, 3.63) is 150 Å². The van der Waals surface area contributed by atoms with Gasteiger partial charge >= 0.3 is 17.6 Å². The molecule has 5 aliphatic heterocycles. The normalized spacial score (nSPS) is 18.9. The average molecular weight is 1120 g/mol. The third kappa shape index (κ3) is 13.2. The number of aliphatic hydroxyl groups is 1. The number of methoxy groups -OCH3 is 2. The molecule has 2 saturated heterocycles. The molecule has 1 aliphatic carbocycles. The van der Waals surface area contributed by atoms with Crippen molar-refractivity contribution in [2.24, 2.45) is 0 Å². The highest BCUT2D eigenvalue weighted by molar-refractivity contribution is 6.30. The van der Waals surface area contributed by atoms with Crippen LogP contribution in [0.2, 0.25) is 5.02 Å². The summed E-state index contributed by atoms with van der Waals surface area (Å²) in [4.78, 5) is 55.5. The highest BCUT2D eigenvalue weighted by atomic mass is 35.5. The topological polar surface area (TPSA) is 205 Å². The number of phenolic OH excluding ortho intramolecular Hbond substituents is 1. The molecule has 2 N–H and O–H groups in total. The van der Waals surface area contributed by atoms with Crippen molar-refractivity contribution in [1.82, 2.24) is 14.7 Å². The maximum atomic E-state index is 12.3. The summed E-state index contributed by atoms with van der Waals surface area (Å²) in [6.07, 6.45) is 7.04. The molecule has 80 heavy (non-hydrogen) atoms. The lowest BCUT2D eigenvalue weighted by molar-refractivity contribution is -0.144. The molecule has 19 heteroatoms. The number of morpholine rings is 1. The van der Waals surface area contributed by atoms with E-state index in [1.165, 1.54) is 11.1 Å². The number of carbonyl (C=O) groups excluding carboxylic acids is 3. The molecule has 18 nitrogen and oxygen atoms in total. The van der Waals surface area contributed by atoms with Gasteiger partial charge in [0.25, 0.3) is 6.29 Å². The number of ketones is 1. The van der Waals surface area contributed by atoms with Gasteiger partial charge in [0.05, 0.1) is 76.4 Å². The van der Waals surface area contributed by atoms with Crippen molar-refractivity contribution < 1.29 is 66.9 Å².